The van der Waals surface area contributed by atoms with E-state index in [1.807, 2.05) is 0 Å². The summed E-state index contributed by atoms with van der Waals surface area (Å²) in [7, 11) is 1.74. The van der Waals surface area contributed by atoms with Crippen LogP contribution in [0.5, 0.6) is 0 Å². The summed E-state index contributed by atoms with van der Waals surface area (Å²) in [5.41, 5.74) is 1.89. The average molecular weight is 335 g/mol. The van der Waals surface area contributed by atoms with Gasteiger partial charge in [-0.15, -0.1) is 0 Å². The molecule has 3 rings (SSSR count). The van der Waals surface area contributed by atoms with Gasteiger partial charge >= 0.3 is 0 Å². The van der Waals surface area contributed by atoms with E-state index >= 15 is 0 Å². The van der Waals surface area contributed by atoms with Crippen molar-refractivity contribution in [1.29, 1.82) is 0 Å². The molecule has 3 aliphatic rings. The molecule has 0 aromatic rings. The highest BCUT2D eigenvalue weighted by atomic mass is 16.7. The molecule has 0 bridgehead atoms. The summed E-state index contributed by atoms with van der Waals surface area (Å²) in [4.78, 5) is 0. The minimum Gasteiger partial charge on any atom is -0.359 e. The molecule has 0 N–H and O–H groups in total. The lowest BCUT2D eigenvalue weighted by Crippen LogP contribution is -2.43. The van der Waals surface area contributed by atoms with Crippen LogP contribution in [0, 0.1) is 40.9 Å². The van der Waals surface area contributed by atoms with Gasteiger partial charge in [-0.3, -0.25) is 0 Å². The second kappa shape index (κ2) is 7.11. The molecule has 0 heterocycles. The van der Waals surface area contributed by atoms with Crippen LogP contribution < -0.4 is 0 Å². The van der Waals surface area contributed by atoms with Crippen molar-refractivity contribution in [2.24, 2.45) is 40.9 Å². The van der Waals surface area contributed by atoms with Crippen LogP contribution in [0.15, 0.2) is 12.2 Å². The highest BCUT2D eigenvalue weighted by Gasteiger charge is 2.54. The molecular weight excluding hydrogens is 296 g/mol. The van der Waals surface area contributed by atoms with Gasteiger partial charge in [0.15, 0.2) is 0 Å². The van der Waals surface area contributed by atoms with Crippen molar-refractivity contribution in [3.8, 4) is 0 Å². The lowest BCUT2D eigenvalue weighted by atomic mass is 9.61. The van der Waals surface area contributed by atoms with Gasteiger partial charge in [-0.05, 0) is 79.4 Å². The van der Waals surface area contributed by atoms with Gasteiger partial charge < -0.3 is 9.47 Å². The second-order valence-electron chi connectivity index (χ2n) is 9.63. The van der Waals surface area contributed by atoms with Gasteiger partial charge in [-0.2, -0.15) is 0 Å². The molecule has 138 valence electrons. The van der Waals surface area contributed by atoms with E-state index < -0.39 is 0 Å². The second-order valence-corrected chi connectivity index (χ2v) is 9.63. The van der Waals surface area contributed by atoms with Crippen molar-refractivity contribution in [1.82, 2.24) is 0 Å². The predicted octanol–water partition coefficient (Wildman–Crippen LogP) is 5.68. The largest absolute Gasteiger partial charge is 0.359 e. The van der Waals surface area contributed by atoms with E-state index in [9.17, 15) is 0 Å². The van der Waals surface area contributed by atoms with Crippen molar-refractivity contribution in [3.05, 3.63) is 12.2 Å². The van der Waals surface area contributed by atoms with Gasteiger partial charge in [0, 0.05) is 7.11 Å². The van der Waals surface area contributed by atoms with Crippen LogP contribution in [0.2, 0.25) is 0 Å². The fraction of sp³-hybridized carbons (Fsp3) is 0.909. The molecule has 3 fully saturated rings. The number of ether oxygens (including phenoxy) is 2. The zero-order chi connectivity index (χ0) is 17.5. The van der Waals surface area contributed by atoms with Crippen LogP contribution >= 0.6 is 0 Å². The Labute approximate surface area is 149 Å². The molecule has 24 heavy (non-hydrogen) atoms. The minimum atomic E-state index is 0.286. The Morgan fingerprint density at radius 1 is 1.25 bits per heavy atom. The van der Waals surface area contributed by atoms with Gasteiger partial charge in [0.25, 0.3) is 0 Å². The van der Waals surface area contributed by atoms with Crippen LogP contribution in [-0.2, 0) is 9.47 Å². The molecule has 2 nitrogen and oxygen atoms in total. The molecule has 2 heteroatoms. The molecular formula is C22H38O2. The molecule has 0 amide bonds. The molecule has 0 aromatic heterocycles. The van der Waals surface area contributed by atoms with Gasteiger partial charge in [-0.1, -0.05) is 39.8 Å². The summed E-state index contributed by atoms with van der Waals surface area (Å²) in [5, 5.41) is 0. The first-order chi connectivity index (χ1) is 11.4. The quantitative estimate of drug-likeness (QED) is 0.486. The van der Waals surface area contributed by atoms with E-state index in [-0.39, 0.29) is 6.10 Å². The first kappa shape index (κ1) is 18.5. The number of hydrogen-bond acceptors (Lipinski definition) is 2. The SMILES string of the molecule is C=C1C[C@H](OCOC)[C@H]2[C@H](C(C)C)CC[C@]2(C)C[C@H]2[C@H](C)CC[C@@H]12. The summed E-state index contributed by atoms with van der Waals surface area (Å²) in [6, 6.07) is 0. The standard InChI is InChI=1S/C22H38O2/c1-14(2)17-9-10-22(5)12-19-15(3)7-8-18(19)16(4)11-20(21(17)22)24-13-23-6/h14-15,17-21H,4,7-13H2,1-3,5-6H3/t15-,17+,18+,19+,20+,21-,22-/m1/s1. The lowest BCUT2D eigenvalue weighted by molar-refractivity contribution is -0.123. The van der Waals surface area contributed by atoms with E-state index in [0.29, 0.717) is 18.1 Å². The molecule has 0 saturated heterocycles. The normalized spacial score (nSPS) is 45.8. The fourth-order valence-corrected chi connectivity index (χ4v) is 6.58. The highest BCUT2D eigenvalue weighted by molar-refractivity contribution is 5.14. The van der Waals surface area contributed by atoms with Crippen molar-refractivity contribution >= 4 is 0 Å². The average Bonchev–Trinajstić information content (AvgIpc) is 3.04. The number of hydrogen-bond donors (Lipinski definition) is 0. The van der Waals surface area contributed by atoms with Gasteiger partial charge in [0.1, 0.15) is 6.79 Å². The fourth-order valence-electron chi connectivity index (χ4n) is 6.58. The monoisotopic (exact) mass is 334 g/mol. The summed E-state index contributed by atoms with van der Waals surface area (Å²) in [6.07, 6.45) is 8.16. The Hall–Kier alpha value is -0.340. The van der Waals surface area contributed by atoms with Crippen molar-refractivity contribution in [2.45, 2.75) is 72.3 Å². The minimum absolute atomic E-state index is 0.286. The Balaban J connectivity index is 1.93. The summed E-state index contributed by atoms with van der Waals surface area (Å²) >= 11 is 0. The molecule has 0 radical (unpaired) electrons. The molecule has 3 saturated carbocycles. The predicted molar refractivity (Wildman–Crippen MR) is 99.7 cm³/mol. The molecule has 0 aliphatic heterocycles. The maximum atomic E-state index is 6.29. The topological polar surface area (TPSA) is 18.5 Å². The van der Waals surface area contributed by atoms with Crippen LogP contribution in [0.25, 0.3) is 0 Å². The zero-order valence-corrected chi connectivity index (χ0v) is 16.5. The Kier molecular flexibility index (Phi) is 5.47. The van der Waals surface area contributed by atoms with Crippen molar-refractivity contribution < 1.29 is 9.47 Å². The number of rotatable bonds is 4. The van der Waals surface area contributed by atoms with Gasteiger partial charge in [-0.25, -0.2) is 0 Å². The van der Waals surface area contributed by atoms with Crippen LogP contribution in [0.4, 0.5) is 0 Å². The van der Waals surface area contributed by atoms with Crippen molar-refractivity contribution in [2.75, 3.05) is 13.9 Å². The van der Waals surface area contributed by atoms with Gasteiger partial charge in [0.2, 0.25) is 0 Å². The molecule has 0 spiro atoms. The van der Waals surface area contributed by atoms with Crippen molar-refractivity contribution in [3.63, 3.8) is 0 Å². The Morgan fingerprint density at radius 3 is 2.67 bits per heavy atom. The third-order valence-corrected chi connectivity index (χ3v) is 7.84. The molecule has 3 aliphatic carbocycles. The first-order valence-electron chi connectivity index (χ1n) is 10.2. The molecule has 0 aromatic carbocycles. The van der Waals surface area contributed by atoms with E-state index in [1.54, 1.807) is 7.11 Å². The van der Waals surface area contributed by atoms with Crippen LogP contribution in [0.1, 0.15) is 66.2 Å². The summed E-state index contributed by atoms with van der Waals surface area (Å²) in [5.74, 6) is 4.59. The van der Waals surface area contributed by atoms with Gasteiger partial charge in [0.05, 0.1) is 6.10 Å². The van der Waals surface area contributed by atoms with E-state index in [2.05, 4.69) is 34.3 Å². The van der Waals surface area contributed by atoms with Crippen LogP contribution in [0.3, 0.4) is 0 Å². The summed E-state index contributed by atoms with van der Waals surface area (Å²) in [6.45, 7) is 14.8. The Bertz CT molecular complexity index is 457. The van der Waals surface area contributed by atoms with E-state index in [4.69, 9.17) is 9.47 Å². The van der Waals surface area contributed by atoms with Crippen LogP contribution in [-0.4, -0.2) is 20.0 Å². The third kappa shape index (κ3) is 3.21. The Morgan fingerprint density at radius 2 is 2.00 bits per heavy atom. The number of fused-ring (bicyclic) bond motifs is 2. The third-order valence-electron chi connectivity index (χ3n) is 7.84. The molecule has 0 unspecified atom stereocenters. The maximum Gasteiger partial charge on any atom is 0.146 e. The first-order valence-corrected chi connectivity index (χ1v) is 10.2. The zero-order valence-electron chi connectivity index (χ0n) is 16.5. The molecule has 7 atom stereocenters. The summed E-state index contributed by atoms with van der Waals surface area (Å²) < 4.78 is 11.6. The lowest BCUT2D eigenvalue weighted by Gasteiger charge is -2.46. The van der Waals surface area contributed by atoms with E-state index in [1.165, 1.54) is 37.7 Å². The maximum absolute atomic E-state index is 6.29. The smallest absolute Gasteiger partial charge is 0.146 e. The van der Waals surface area contributed by atoms with E-state index in [0.717, 1.165) is 36.0 Å². The number of methoxy groups -OCH3 is 1. The highest BCUT2D eigenvalue weighted by Crippen LogP contribution is 2.60.